The van der Waals surface area contributed by atoms with Crippen molar-refractivity contribution in [1.29, 1.82) is 0 Å². The van der Waals surface area contributed by atoms with Crippen molar-refractivity contribution in [3.8, 4) is 0 Å². The smallest absolute Gasteiger partial charge is 0.234 e. The Morgan fingerprint density at radius 1 is 1.09 bits per heavy atom. The number of hydrogen-bond donors (Lipinski definition) is 1. The van der Waals surface area contributed by atoms with E-state index < -0.39 is 0 Å². The number of likely N-dealkylation sites (N-methyl/N-ethyl adjacent to an activating group) is 1. The van der Waals surface area contributed by atoms with Crippen LogP contribution in [0.1, 0.15) is 11.4 Å². The van der Waals surface area contributed by atoms with Crippen LogP contribution in [0.25, 0.3) is 0 Å². The topological polar surface area (TPSA) is 66.3 Å². The quantitative estimate of drug-likeness (QED) is 0.530. The number of nitrogens with one attached hydrogen (secondary N) is 1. The molecule has 0 aliphatic carbocycles. The van der Waals surface area contributed by atoms with E-state index in [2.05, 4.69) is 44.5 Å². The van der Waals surface area contributed by atoms with Crippen LogP contribution in [0.3, 0.4) is 0 Å². The molecule has 0 radical (unpaired) electrons. The molecule has 2 heterocycles. The monoisotopic (exact) mass is 470 g/mol. The zero-order valence-electron chi connectivity index (χ0n) is 18.3. The number of carbonyl (C=O) groups is 1. The molecule has 9 heteroatoms. The number of halogens is 1. The van der Waals surface area contributed by atoms with E-state index in [4.69, 9.17) is 11.6 Å². The lowest BCUT2D eigenvalue weighted by Gasteiger charge is -2.35. The highest BCUT2D eigenvalue weighted by atomic mass is 35.5. The number of aryl methyl sites for hydroxylation is 1. The minimum Gasteiger partial charge on any atom is -0.367 e. The summed E-state index contributed by atoms with van der Waals surface area (Å²) in [6.45, 7) is 6.40. The van der Waals surface area contributed by atoms with Crippen LogP contribution in [-0.4, -0.2) is 64.6 Å². The number of thioether (sulfide) groups is 1. The van der Waals surface area contributed by atoms with Crippen LogP contribution in [0.2, 0.25) is 5.02 Å². The molecule has 2 aromatic carbocycles. The maximum Gasteiger partial charge on any atom is 0.234 e. The molecule has 3 aromatic rings. The molecule has 0 saturated carbocycles. The summed E-state index contributed by atoms with van der Waals surface area (Å²) in [5.41, 5.74) is 2.91. The van der Waals surface area contributed by atoms with Gasteiger partial charge in [-0.25, -0.2) is 0 Å². The number of piperazine rings is 1. The highest BCUT2D eigenvalue weighted by molar-refractivity contribution is 7.99. The normalized spacial score (nSPS) is 14.5. The van der Waals surface area contributed by atoms with Crippen molar-refractivity contribution in [3.63, 3.8) is 0 Å². The van der Waals surface area contributed by atoms with Crippen LogP contribution in [0.4, 0.5) is 11.4 Å². The van der Waals surface area contributed by atoms with Gasteiger partial charge in [-0.05, 0) is 37.7 Å². The summed E-state index contributed by atoms with van der Waals surface area (Å²) in [5.74, 6) is 0.963. The molecule has 0 atom stereocenters. The molecule has 1 N–H and O–H groups in total. The largest absolute Gasteiger partial charge is 0.367 e. The van der Waals surface area contributed by atoms with Gasteiger partial charge in [-0.1, -0.05) is 53.7 Å². The number of anilines is 2. The van der Waals surface area contributed by atoms with Gasteiger partial charge in [-0.15, -0.1) is 10.2 Å². The molecule has 168 valence electrons. The molecule has 1 aliphatic heterocycles. The van der Waals surface area contributed by atoms with Crippen LogP contribution < -0.4 is 10.2 Å². The maximum absolute atomic E-state index is 12.8. The average molecular weight is 471 g/mol. The third kappa shape index (κ3) is 5.62. The molecule has 0 bridgehead atoms. The van der Waals surface area contributed by atoms with Gasteiger partial charge in [0.2, 0.25) is 5.91 Å². The molecular weight excluding hydrogens is 444 g/mol. The first-order chi connectivity index (χ1) is 15.5. The van der Waals surface area contributed by atoms with Gasteiger partial charge in [-0.3, -0.25) is 4.79 Å². The van der Waals surface area contributed by atoms with E-state index >= 15 is 0 Å². The van der Waals surface area contributed by atoms with Crippen molar-refractivity contribution in [2.45, 2.75) is 18.6 Å². The summed E-state index contributed by atoms with van der Waals surface area (Å²) in [5, 5.41) is 12.8. The number of amides is 1. The Hall–Kier alpha value is -2.55. The van der Waals surface area contributed by atoms with Gasteiger partial charge in [0, 0.05) is 31.2 Å². The van der Waals surface area contributed by atoms with Crippen molar-refractivity contribution in [1.82, 2.24) is 19.7 Å². The van der Waals surface area contributed by atoms with Gasteiger partial charge in [-0.2, -0.15) is 0 Å². The highest BCUT2D eigenvalue weighted by Gasteiger charge is 2.19. The first-order valence-electron chi connectivity index (χ1n) is 10.6. The fourth-order valence-electron chi connectivity index (χ4n) is 3.66. The molecule has 1 saturated heterocycles. The summed E-state index contributed by atoms with van der Waals surface area (Å²) < 4.78 is 2.03. The Balaban J connectivity index is 1.42. The Kier molecular flexibility index (Phi) is 7.34. The number of nitrogens with zero attached hydrogens (tertiary/aromatic N) is 5. The highest BCUT2D eigenvalue weighted by Crippen LogP contribution is 2.30. The van der Waals surface area contributed by atoms with E-state index in [1.807, 2.05) is 47.9 Å². The number of benzene rings is 2. The minimum atomic E-state index is -0.0976. The molecule has 1 aliphatic rings. The predicted octanol–water partition coefficient (Wildman–Crippen LogP) is 3.77. The first kappa shape index (κ1) is 22.6. The van der Waals surface area contributed by atoms with Gasteiger partial charge in [0.05, 0.1) is 23.7 Å². The predicted molar refractivity (Wildman–Crippen MR) is 131 cm³/mol. The fourth-order valence-corrected chi connectivity index (χ4v) is 4.62. The average Bonchev–Trinajstić information content (AvgIpc) is 3.13. The molecule has 0 spiro atoms. The number of hydrogen-bond acceptors (Lipinski definition) is 6. The number of rotatable bonds is 7. The molecule has 4 rings (SSSR count). The number of aromatic nitrogens is 3. The summed E-state index contributed by atoms with van der Waals surface area (Å²) in [7, 11) is 2.12. The van der Waals surface area contributed by atoms with Crippen molar-refractivity contribution < 1.29 is 4.79 Å². The van der Waals surface area contributed by atoms with E-state index in [0.29, 0.717) is 11.6 Å². The van der Waals surface area contributed by atoms with Gasteiger partial charge in [0.1, 0.15) is 5.82 Å². The third-order valence-electron chi connectivity index (χ3n) is 5.49. The SMILES string of the molecule is Cc1nnc(SCC(=O)Nc2cc(Cl)ccc2N2CCN(C)CC2)n1Cc1ccccc1. The second-order valence-electron chi connectivity index (χ2n) is 7.89. The van der Waals surface area contributed by atoms with Crippen LogP contribution in [0, 0.1) is 6.92 Å². The lowest BCUT2D eigenvalue weighted by molar-refractivity contribution is -0.113. The minimum absolute atomic E-state index is 0.0976. The van der Waals surface area contributed by atoms with Gasteiger partial charge in [0.25, 0.3) is 0 Å². The molecule has 1 aromatic heterocycles. The summed E-state index contributed by atoms with van der Waals surface area (Å²) >= 11 is 7.62. The van der Waals surface area contributed by atoms with Crippen LogP contribution in [0.5, 0.6) is 0 Å². The van der Waals surface area contributed by atoms with Gasteiger partial charge in [0.15, 0.2) is 5.16 Å². The Morgan fingerprint density at radius 2 is 1.84 bits per heavy atom. The molecule has 0 unspecified atom stereocenters. The van der Waals surface area contributed by atoms with Crippen molar-refractivity contribution >= 4 is 40.6 Å². The molecule has 7 nitrogen and oxygen atoms in total. The van der Waals surface area contributed by atoms with E-state index in [0.717, 1.165) is 54.1 Å². The van der Waals surface area contributed by atoms with Crippen molar-refractivity contribution in [2.24, 2.45) is 0 Å². The standard InChI is InChI=1S/C23H27ClN6OS/c1-17-26-27-23(30(17)15-18-6-4-3-5-7-18)32-16-22(31)25-20-14-19(24)8-9-21(20)29-12-10-28(2)11-13-29/h3-9,14H,10-13,15-16H2,1-2H3,(H,25,31). The van der Waals surface area contributed by atoms with Crippen LogP contribution in [-0.2, 0) is 11.3 Å². The second kappa shape index (κ2) is 10.4. The van der Waals surface area contributed by atoms with E-state index in [-0.39, 0.29) is 11.7 Å². The summed E-state index contributed by atoms with van der Waals surface area (Å²) in [6, 6.07) is 15.8. The second-order valence-corrected chi connectivity index (χ2v) is 9.27. The third-order valence-corrected chi connectivity index (χ3v) is 6.70. The summed E-state index contributed by atoms with van der Waals surface area (Å²) in [4.78, 5) is 17.4. The Morgan fingerprint density at radius 3 is 2.59 bits per heavy atom. The Labute approximate surface area is 197 Å². The van der Waals surface area contributed by atoms with E-state index in [9.17, 15) is 4.79 Å². The summed E-state index contributed by atoms with van der Waals surface area (Å²) in [6.07, 6.45) is 0. The fraction of sp³-hybridized carbons (Fsp3) is 0.348. The van der Waals surface area contributed by atoms with E-state index in [1.54, 1.807) is 0 Å². The maximum atomic E-state index is 12.8. The van der Waals surface area contributed by atoms with Crippen molar-refractivity contribution in [3.05, 3.63) is 64.9 Å². The van der Waals surface area contributed by atoms with Crippen LogP contribution in [0.15, 0.2) is 53.7 Å². The molecule has 1 amide bonds. The van der Waals surface area contributed by atoms with E-state index in [1.165, 1.54) is 11.8 Å². The van der Waals surface area contributed by atoms with Crippen molar-refractivity contribution in [2.75, 3.05) is 49.2 Å². The van der Waals surface area contributed by atoms with Crippen LogP contribution >= 0.6 is 23.4 Å². The molecular formula is C23H27ClN6OS. The lowest BCUT2D eigenvalue weighted by atomic mass is 10.2. The van der Waals surface area contributed by atoms with Gasteiger partial charge < -0.3 is 19.7 Å². The zero-order chi connectivity index (χ0) is 22.5. The first-order valence-corrected chi connectivity index (χ1v) is 12.0. The zero-order valence-corrected chi connectivity index (χ0v) is 19.9. The lowest BCUT2D eigenvalue weighted by Crippen LogP contribution is -2.44. The molecule has 1 fully saturated rings. The molecule has 32 heavy (non-hydrogen) atoms. The Bertz CT molecular complexity index is 1070. The number of carbonyl (C=O) groups excluding carboxylic acids is 1. The van der Waals surface area contributed by atoms with Gasteiger partial charge >= 0.3 is 0 Å².